The quantitative estimate of drug-likeness (QED) is 0.722. The van der Waals surface area contributed by atoms with Gasteiger partial charge < -0.3 is 9.64 Å². The predicted molar refractivity (Wildman–Crippen MR) is 78.3 cm³/mol. The van der Waals surface area contributed by atoms with Crippen molar-refractivity contribution in [2.75, 3.05) is 44.3 Å². The third-order valence-electron chi connectivity index (χ3n) is 3.87. The first-order chi connectivity index (χ1) is 10.3. The lowest BCUT2D eigenvalue weighted by Crippen LogP contribution is -2.53. The van der Waals surface area contributed by atoms with E-state index in [0.29, 0.717) is 11.7 Å². The summed E-state index contributed by atoms with van der Waals surface area (Å²) in [5, 5.41) is 15.8. The van der Waals surface area contributed by atoms with E-state index < -0.39 is 0 Å². The van der Waals surface area contributed by atoms with Crippen LogP contribution in [0, 0.1) is 0 Å². The van der Waals surface area contributed by atoms with E-state index in [1.807, 2.05) is 19.1 Å². The van der Waals surface area contributed by atoms with E-state index >= 15 is 0 Å². The molecule has 0 saturated carbocycles. The molecule has 3 rings (SSSR count). The van der Waals surface area contributed by atoms with Crippen molar-refractivity contribution in [2.45, 2.75) is 19.9 Å². The fourth-order valence-electron chi connectivity index (χ4n) is 2.67. The molecule has 0 unspecified atom stereocenters. The summed E-state index contributed by atoms with van der Waals surface area (Å²) in [7, 11) is 0. The van der Waals surface area contributed by atoms with Crippen molar-refractivity contribution in [3.8, 4) is 0 Å². The van der Waals surface area contributed by atoms with Gasteiger partial charge >= 0.3 is 0 Å². The van der Waals surface area contributed by atoms with Crippen LogP contribution in [0.15, 0.2) is 12.1 Å². The van der Waals surface area contributed by atoms with E-state index in [9.17, 15) is 0 Å². The molecular weight excluding hydrogens is 270 g/mol. The molecule has 0 N–H and O–H groups in total. The van der Waals surface area contributed by atoms with Gasteiger partial charge in [-0.05, 0) is 36.4 Å². The Morgan fingerprint density at radius 2 is 2.24 bits per heavy atom. The molecule has 3 heterocycles. The lowest BCUT2D eigenvalue weighted by atomic mass is 10.2. The molecule has 1 aliphatic heterocycles. The average Bonchev–Trinajstić information content (AvgIpc) is 2.96. The Morgan fingerprint density at radius 1 is 1.33 bits per heavy atom. The molecule has 8 heteroatoms. The molecule has 2 aromatic heterocycles. The van der Waals surface area contributed by atoms with Gasteiger partial charge in [0.05, 0.1) is 6.61 Å². The standard InChI is InChI=1S/C13H21N7O/c1-3-21-9-8-18-6-7-19(10-11(18)2)13-5-4-12-14-16-17-20(12)15-13/h4-5,11H,3,6-10H2,1-2H3/t11-/m1/s1. The molecule has 0 radical (unpaired) electrons. The number of anilines is 1. The van der Waals surface area contributed by atoms with Crippen LogP contribution in [0.1, 0.15) is 13.8 Å². The van der Waals surface area contributed by atoms with Crippen LogP contribution in [0.5, 0.6) is 0 Å². The van der Waals surface area contributed by atoms with Crippen molar-refractivity contribution in [1.29, 1.82) is 0 Å². The smallest absolute Gasteiger partial charge is 0.200 e. The monoisotopic (exact) mass is 291 g/mol. The zero-order valence-electron chi connectivity index (χ0n) is 12.5. The highest BCUT2D eigenvalue weighted by Gasteiger charge is 2.24. The minimum Gasteiger partial charge on any atom is -0.380 e. The van der Waals surface area contributed by atoms with E-state index in [0.717, 1.165) is 45.2 Å². The molecule has 0 amide bonds. The Hall–Kier alpha value is -1.80. The molecule has 1 atom stereocenters. The van der Waals surface area contributed by atoms with Crippen LogP contribution in [0.25, 0.3) is 5.65 Å². The van der Waals surface area contributed by atoms with Crippen molar-refractivity contribution < 1.29 is 4.74 Å². The van der Waals surface area contributed by atoms with Gasteiger partial charge in [0.15, 0.2) is 11.5 Å². The van der Waals surface area contributed by atoms with Gasteiger partial charge in [-0.2, -0.15) is 0 Å². The summed E-state index contributed by atoms with van der Waals surface area (Å²) in [5.74, 6) is 0.922. The number of nitrogens with zero attached hydrogens (tertiary/aromatic N) is 7. The minimum atomic E-state index is 0.477. The van der Waals surface area contributed by atoms with E-state index in [4.69, 9.17) is 4.74 Å². The number of fused-ring (bicyclic) bond motifs is 1. The van der Waals surface area contributed by atoms with Crippen molar-refractivity contribution in [3.05, 3.63) is 12.1 Å². The van der Waals surface area contributed by atoms with Crippen molar-refractivity contribution in [1.82, 2.24) is 30.2 Å². The molecule has 1 aliphatic rings. The van der Waals surface area contributed by atoms with Crippen LogP contribution in [0.3, 0.4) is 0 Å². The topological polar surface area (TPSA) is 71.7 Å². The van der Waals surface area contributed by atoms with Crippen LogP contribution in [0.2, 0.25) is 0 Å². The summed E-state index contributed by atoms with van der Waals surface area (Å²) in [6.07, 6.45) is 0. The number of aromatic nitrogens is 5. The average molecular weight is 291 g/mol. The Bertz CT molecular complexity index is 587. The van der Waals surface area contributed by atoms with Crippen LogP contribution in [-0.2, 0) is 4.74 Å². The predicted octanol–water partition coefficient (Wildman–Crippen LogP) is 0.0663. The number of tetrazole rings is 1. The van der Waals surface area contributed by atoms with Gasteiger partial charge in [-0.25, -0.2) is 0 Å². The largest absolute Gasteiger partial charge is 0.380 e. The number of hydrogen-bond acceptors (Lipinski definition) is 7. The second-order valence-electron chi connectivity index (χ2n) is 5.25. The number of hydrogen-bond donors (Lipinski definition) is 0. The van der Waals surface area contributed by atoms with Crippen LogP contribution in [-0.4, -0.2) is 75.6 Å². The summed E-state index contributed by atoms with van der Waals surface area (Å²) >= 11 is 0. The molecule has 0 aliphatic carbocycles. The third-order valence-corrected chi connectivity index (χ3v) is 3.87. The van der Waals surface area contributed by atoms with Crippen molar-refractivity contribution >= 4 is 11.5 Å². The zero-order valence-corrected chi connectivity index (χ0v) is 12.5. The first-order valence-electron chi connectivity index (χ1n) is 7.40. The summed E-state index contributed by atoms with van der Waals surface area (Å²) in [4.78, 5) is 4.74. The first-order valence-corrected chi connectivity index (χ1v) is 7.40. The van der Waals surface area contributed by atoms with Gasteiger partial charge in [0.25, 0.3) is 0 Å². The number of piperazine rings is 1. The lowest BCUT2D eigenvalue weighted by molar-refractivity contribution is 0.0925. The highest BCUT2D eigenvalue weighted by Crippen LogP contribution is 2.16. The van der Waals surface area contributed by atoms with Gasteiger partial charge in [0.1, 0.15) is 0 Å². The van der Waals surface area contributed by atoms with Crippen LogP contribution < -0.4 is 4.90 Å². The van der Waals surface area contributed by atoms with E-state index in [2.05, 4.69) is 37.3 Å². The summed E-state index contributed by atoms with van der Waals surface area (Å²) in [6, 6.07) is 4.36. The highest BCUT2D eigenvalue weighted by atomic mass is 16.5. The van der Waals surface area contributed by atoms with Crippen LogP contribution >= 0.6 is 0 Å². The normalized spacial score (nSPS) is 20.3. The molecule has 114 valence electrons. The molecule has 8 nitrogen and oxygen atoms in total. The fourth-order valence-corrected chi connectivity index (χ4v) is 2.67. The first kappa shape index (κ1) is 14.2. The SMILES string of the molecule is CCOCCN1CCN(c2ccc3nnnn3n2)C[C@H]1C. The molecule has 0 spiro atoms. The van der Waals surface area contributed by atoms with Crippen molar-refractivity contribution in [3.63, 3.8) is 0 Å². The Morgan fingerprint density at radius 3 is 3.05 bits per heavy atom. The maximum atomic E-state index is 5.44. The zero-order chi connectivity index (χ0) is 14.7. The van der Waals surface area contributed by atoms with Gasteiger partial charge in [-0.1, -0.05) is 0 Å². The highest BCUT2D eigenvalue weighted by molar-refractivity contribution is 5.44. The Balaban J connectivity index is 1.63. The van der Waals surface area contributed by atoms with Gasteiger partial charge in [-0.15, -0.1) is 14.8 Å². The minimum absolute atomic E-state index is 0.477. The van der Waals surface area contributed by atoms with Gasteiger partial charge in [0.2, 0.25) is 0 Å². The molecular formula is C13H21N7O. The molecule has 0 bridgehead atoms. The maximum absolute atomic E-state index is 5.44. The van der Waals surface area contributed by atoms with Gasteiger partial charge in [-0.3, -0.25) is 4.90 Å². The third kappa shape index (κ3) is 3.11. The fraction of sp³-hybridized carbons (Fsp3) is 0.692. The second kappa shape index (κ2) is 6.31. The number of rotatable bonds is 5. The van der Waals surface area contributed by atoms with Crippen molar-refractivity contribution in [2.24, 2.45) is 0 Å². The summed E-state index contributed by atoms with van der Waals surface area (Å²) in [5.41, 5.74) is 0.669. The Labute approximate surface area is 123 Å². The summed E-state index contributed by atoms with van der Waals surface area (Å²) < 4.78 is 6.92. The van der Waals surface area contributed by atoms with Gasteiger partial charge in [0, 0.05) is 38.8 Å². The van der Waals surface area contributed by atoms with E-state index in [-0.39, 0.29) is 0 Å². The summed E-state index contributed by atoms with van der Waals surface area (Å²) in [6.45, 7) is 9.77. The second-order valence-corrected chi connectivity index (χ2v) is 5.25. The maximum Gasteiger partial charge on any atom is 0.200 e. The molecule has 2 aromatic rings. The molecule has 0 aromatic carbocycles. The lowest BCUT2D eigenvalue weighted by Gasteiger charge is -2.40. The van der Waals surface area contributed by atoms with E-state index in [1.165, 1.54) is 4.63 Å². The molecule has 21 heavy (non-hydrogen) atoms. The number of ether oxygens (including phenoxy) is 1. The molecule has 1 fully saturated rings. The molecule has 1 saturated heterocycles. The Kier molecular flexibility index (Phi) is 4.26. The van der Waals surface area contributed by atoms with E-state index in [1.54, 1.807) is 0 Å². The van der Waals surface area contributed by atoms with Crippen LogP contribution in [0.4, 0.5) is 5.82 Å².